The maximum Gasteiger partial charge on any atom is 0.251 e. The van der Waals surface area contributed by atoms with Crippen LogP contribution in [0.3, 0.4) is 0 Å². The van der Waals surface area contributed by atoms with E-state index in [1.165, 1.54) is 0 Å². The molecule has 1 amide bonds. The molecule has 0 bridgehead atoms. The molecule has 0 N–H and O–H groups in total. The van der Waals surface area contributed by atoms with Crippen LogP contribution in [0, 0.1) is 0 Å². The van der Waals surface area contributed by atoms with Crippen LogP contribution in [0.2, 0.25) is 0 Å². The largest absolute Gasteiger partial charge is 0.368 e. The highest BCUT2D eigenvalue weighted by Gasteiger charge is 2.31. The Bertz CT molecular complexity index is 976. The van der Waals surface area contributed by atoms with Crippen LogP contribution in [-0.4, -0.2) is 74.7 Å². The fraction of sp³-hybridized carbons (Fsp3) is 0.421. The van der Waals surface area contributed by atoms with Gasteiger partial charge in [0.1, 0.15) is 12.4 Å². The van der Waals surface area contributed by atoms with Gasteiger partial charge >= 0.3 is 0 Å². The molecular weight excluding hydrogens is 358 g/mol. The number of fused-ring (bicyclic) bond motifs is 1. The van der Waals surface area contributed by atoms with Gasteiger partial charge in [-0.3, -0.25) is 4.79 Å². The number of ether oxygens (including phenoxy) is 1. The van der Waals surface area contributed by atoms with Crippen molar-refractivity contribution in [3.05, 3.63) is 36.7 Å². The highest BCUT2D eigenvalue weighted by Crippen LogP contribution is 2.24. The van der Waals surface area contributed by atoms with Crippen molar-refractivity contribution in [1.82, 2.24) is 29.9 Å². The van der Waals surface area contributed by atoms with Crippen LogP contribution in [0.4, 0.5) is 5.82 Å². The highest BCUT2D eigenvalue weighted by atomic mass is 16.5. The first-order chi connectivity index (χ1) is 13.8. The Morgan fingerprint density at radius 3 is 2.64 bits per heavy atom. The second kappa shape index (κ2) is 7.16. The molecule has 2 fully saturated rings. The van der Waals surface area contributed by atoms with Gasteiger partial charge in [0.15, 0.2) is 17.0 Å². The number of aromatic nitrogens is 5. The maximum absolute atomic E-state index is 12.5. The summed E-state index contributed by atoms with van der Waals surface area (Å²) in [5.74, 6) is 0.872. The van der Waals surface area contributed by atoms with Gasteiger partial charge < -0.3 is 14.5 Å². The van der Waals surface area contributed by atoms with Crippen molar-refractivity contribution in [1.29, 1.82) is 0 Å². The Morgan fingerprint density at radius 2 is 1.89 bits per heavy atom. The molecule has 2 aliphatic heterocycles. The van der Waals surface area contributed by atoms with Gasteiger partial charge in [0.2, 0.25) is 0 Å². The van der Waals surface area contributed by atoms with E-state index >= 15 is 0 Å². The SMILES string of the molecule is O=C([C@@H]1CCCO1)N1CCN(c2ncnc3c2nnn3-c2ccccc2)CC1. The van der Waals surface area contributed by atoms with E-state index in [9.17, 15) is 4.79 Å². The molecule has 2 saturated heterocycles. The van der Waals surface area contributed by atoms with Crippen LogP contribution < -0.4 is 4.90 Å². The van der Waals surface area contributed by atoms with Crippen molar-refractivity contribution in [2.75, 3.05) is 37.7 Å². The lowest BCUT2D eigenvalue weighted by atomic mass is 10.2. The lowest BCUT2D eigenvalue weighted by molar-refractivity contribution is -0.141. The third-order valence-corrected chi connectivity index (χ3v) is 5.32. The van der Waals surface area contributed by atoms with Crippen molar-refractivity contribution in [2.45, 2.75) is 18.9 Å². The number of benzene rings is 1. The summed E-state index contributed by atoms with van der Waals surface area (Å²) in [6, 6.07) is 9.79. The summed E-state index contributed by atoms with van der Waals surface area (Å²) < 4.78 is 7.26. The zero-order valence-electron chi connectivity index (χ0n) is 15.4. The molecule has 9 nitrogen and oxygen atoms in total. The summed E-state index contributed by atoms with van der Waals surface area (Å²) in [6.07, 6.45) is 3.08. The number of anilines is 1. The number of nitrogens with zero attached hydrogens (tertiary/aromatic N) is 7. The van der Waals surface area contributed by atoms with E-state index in [-0.39, 0.29) is 12.0 Å². The van der Waals surface area contributed by atoms with Crippen LogP contribution >= 0.6 is 0 Å². The Kier molecular flexibility index (Phi) is 4.36. The molecule has 1 aromatic carbocycles. The van der Waals surface area contributed by atoms with Crippen molar-refractivity contribution in [3.63, 3.8) is 0 Å². The van der Waals surface area contributed by atoms with Crippen LogP contribution in [0.5, 0.6) is 0 Å². The number of para-hydroxylation sites is 1. The minimum absolute atomic E-state index is 0.111. The van der Waals surface area contributed by atoms with Crippen LogP contribution in [0.15, 0.2) is 36.7 Å². The summed E-state index contributed by atoms with van der Waals surface area (Å²) >= 11 is 0. The number of rotatable bonds is 3. The molecule has 144 valence electrons. The number of amides is 1. The molecule has 4 heterocycles. The summed E-state index contributed by atoms with van der Waals surface area (Å²) in [4.78, 5) is 25.4. The summed E-state index contributed by atoms with van der Waals surface area (Å²) in [5.41, 5.74) is 2.25. The summed E-state index contributed by atoms with van der Waals surface area (Å²) in [6.45, 7) is 3.38. The molecule has 0 unspecified atom stereocenters. The Morgan fingerprint density at radius 1 is 1.07 bits per heavy atom. The van der Waals surface area contributed by atoms with Gasteiger partial charge in [-0.15, -0.1) is 5.10 Å². The lowest BCUT2D eigenvalue weighted by Crippen LogP contribution is -2.51. The van der Waals surface area contributed by atoms with Gasteiger partial charge in [0.25, 0.3) is 5.91 Å². The molecule has 2 aliphatic rings. The van der Waals surface area contributed by atoms with E-state index in [2.05, 4.69) is 25.2 Å². The lowest BCUT2D eigenvalue weighted by Gasteiger charge is -2.36. The second-order valence-electron chi connectivity index (χ2n) is 7.02. The molecule has 28 heavy (non-hydrogen) atoms. The minimum atomic E-state index is -0.261. The standard InChI is InChI=1S/C19H21N7O2/c27-19(15-7-4-12-28-15)25-10-8-24(9-11-25)17-16-18(21-13-20-17)26(23-22-16)14-5-2-1-3-6-14/h1-3,5-6,13,15H,4,7-12H2/t15-/m0/s1. The number of carbonyl (C=O) groups excluding carboxylic acids is 1. The predicted molar refractivity (Wildman–Crippen MR) is 102 cm³/mol. The average molecular weight is 379 g/mol. The molecule has 0 aliphatic carbocycles. The van der Waals surface area contributed by atoms with Crippen LogP contribution in [-0.2, 0) is 9.53 Å². The van der Waals surface area contributed by atoms with E-state index in [1.54, 1.807) is 11.0 Å². The minimum Gasteiger partial charge on any atom is -0.368 e. The Labute approximate surface area is 161 Å². The summed E-state index contributed by atoms with van der Waals surface area (Å²) in [7, 11) is 0. The van der Waals surface area contributed by atoms with Gasteiger partial charge in [-0.2, -0.15) is 4.68 Å². The Balaban J connectivity index is 1.36. The molecule has 9 heteroatoms. The van der Waals surface area contributed by atoms with Gasteiger partial charge in [0.05, 0.1) is 5.69 Å². The van der Waals surface area contributed by atoms with Gasteiger partial charge in [-0.05, 0) is 25.0 Å². The molecule has 3 aromatic rings. The highest BCUT2D eigenvalue weighted by molar-refractivity contribution is 5.84. The molecule has 5 rings (SSSR count). The van der Waals surface area contributed by atoms with Crippen molar-refractivity contribution < 1.29 is 9.53 Å². The zero-order valence-corrected chi connectivity index (χ0v) is 15.4. The monoisotopic (exact) mass is 379 g/mol. The first-order valence-corrected chi connectivity index (χ1v) is 9.58. The fourth-order valence-corrected chi connectivity index (χ4v) is 3.83. The average Bonchev–Trinajstić information content (AvgIpc) is 3.44. The third kappa shape index (κ3) is 2.97. The van der Waals surface area contributed by atoms with Gasteiger partial charge in [-0.25, -0.2) is 9.97 Å². The first kappa shape index (κ1) is 17.1. The van der Waals surface area contributed by atoms with Crippen molar-refractivity contribution in [2.24, 2.45) is 0 Å². The number of hydrogen-bond acceptors (Lipinski definition) is 7. The van der Waals surface area contributed by atoms with Crippen molar-refractivity contribution >= 4 is 22.9 Å². The fourth-order valence-electron chi connectivity index (χ4n) is 3.83. The predicted octanol–water partition coefficient (Wildman–Crippen LogP) is 1.04. The molecule has 0 saturated carbocycles. The van der Waals surface area contributed by atoms with Crippen LogP contribution in [0.25, 0.3) is 16.9 Å². The smallest absolute Gasteiger partial charge is 0.251 e. The number of piperazine rings is 1. The molecular formula is C19H21N7O2. The first-order valence-electron chi connectivity index (χ1n) is 9.58. The maximum atomic E-state index is 12.5. The molecule has 2 aromatic heterocycles. The zero-order chi connectivity index (χ0) is 18.9. The molecule has 0 radical (unpaired) electrons. The van der Waals surface area contributed by atoms with Gasteiger partial charge in [-0.1, -0.05) is 23.4 Å². The number of hydrogen-bond donors (Lipinski definition) is 0. The normalized spacial score (nSPS) is 20.1. The van der Waals surface area contributed by atoms with E-state index in [4.69, 9.17) is 4.74 Å². The van der Waals surface area contributed by atoms with Crippen molar-refractivity contribution in [3.8, 4) is 5.69 Å². The molecule has 0 spiro atoms. The van der Waals surface area contributed by atoms with Crippen LogP contribution in [0.1, 0.15) is 12.8 Å². The Hall–Kier alpha value is -3.07. The van der Waals surface area contributed by atoms with Gasteiger partial charge in [0, 0.05) is 32.8 Å². The van der Waals surface area contributed by atoms with E-state index in [0.29, 0.717) is 43.9 Å². The second-order valence-corrected chi connectivity index (χ2v) is 7.02. The quantitative estimate of drug-likeness (QED) is 0.672. The van der Waals surface area contributed by atoms with E-state index in [1.807, 2.05) is 35.2 Å². The summed E-state index contributed by atoms with van der Waals surface area (Å²) in [5, 5.41) is 8.61. The topological polar surface area (TPSA) is 89.3 Å². The number of carbonyl (C=O) groups is 1. The van der Waals surface area contributed by atoms with E-state index < -0.39 is 0 Å². The third-order valence-electron chi connectivity index (χ3n) is 5.32. The molecule has 1 atom stereocenters. The van der Waals surface area contributed by atoms with E-state index in [0.717, 1.165) is 24.3 Å².